The van der Waals surface area contributed by atoms with E-state index in [0.29, 0.717) is 17.6 Å². The number of carbonyl (C=O) groups is 1. The van der Waals surface area contributed by atoms with Gasteiger partial charge in [-0.05, 0) is 44.0 Å². The van der Waals surface area contributed by atoms with Gasteiger partial charge in [0.1, 0.15) is 5.60 Å². The second-order valence-electron chi connectivity index (χ2n) is 8.23. The molecule has 0 saturated carbocycles. The highest BCUT2D eigenvalue weighted by molar-refractivity contribution is 5.94. The number of hydrogen-bond donors (Lipinski definition) is 2. The van der Waals surface area contributed by atoms with Crippen molar-refractivity contribution in [3.05, 3.63) is 83.0 Å². The van der Waals surface area contributed by atoms with Crippen LogP contribution in [0.25, 0.3) is 27.8 Å². The molecule has 7 nitrogen and oxygen atoms in total. The zero-order valence-corrected chi connectivity index (χ0v) is 17.7. The second-order valence-corrected chi connectivity index (χ2v) is 8.23. The third kappa shape index (κ3) is 4.50. The Morgan fingerprint density at radius 2 is 1.81 bits per heavy atom. The van der Waals surface area contributed by atoms with Gasteiger partial charge in [0.05, 0.1) is 11.7 Å². The molecule has 2 heterocycles. The van der Waals surface area contributed by atoms with Gasteiger partial charge in [0.25, 0.3) is 5.56 Å². The van der Waals surface area contributed by atoms with Crippen LogP contribution in [-0.2, 0) is 11.3 Å². The largest absolute Gasteiger partial charge is 0.444 e. The van der Waals surface area contributed by atoms with Crippen LogP contribution in [0.3, 0.4) is 0 Å². The molecule has 4 aromatic rings. The molecule has 2 N–H and O–H groups in total. The molecule has 158 valence electrons. The van der Waals surface area contributed by atoms with Gasteiger partial charge in [-0.2, -0.15) is 0 Å². The average Bonchev–Trinajstić information content (AvgIpc) is 3.13. The molecule has 0 aliphatic carbocycles. The molecule has 0 aliphatic heterocycles. The van der Waals surface area contributed by atoms with E-state index in [1.54, 1.807) is 0 Å². The maximum Gasteiger partial charge on any atom is 0.407 e. The van der Waals surface area contributed by atoms with Crippen molar-refractivity contribution in [1.82, 2.24) is 19.9 Å². The average molecular weight is 416 g/mol. The van der Waals surface area contributed by atoms with Crippen LogP contribution < -0.4 is 10.9 Å². The first kappa shape index (κ1) is 20.4. The number of hydrogen-bond acceptors (Lipinski definition) is 4. The van der Waals surface area contributed by atoms with Gasteiger partial charge in [-0.15, -0.1) is 0 Å². The summed E-state index contributed by atoms with van der Waals surface area (Å²) in [7, 11) is 0. The van der Waals surface area contributed by atoms with Gasteiger partial charge in [0.15, 0.2) is 5.65 Å². The summed E-state index contributed by atoms with van der Waals surface area (Å²) >= 11 is 0. The smallest absolute Gasteiger partial charge is 0.407 e. The number of benzene rings is 2. The summed E-state index contributed by atoms with van der Waals surface area (Å²) in [5, 5.41) is 3.28. The number of para-hydroxylation sites is 1. The number of H-pyrrole nitrogens is 1. The van der Waals surface area contributed by atoms with Gasteiger partial charge in [-0.3, -0.25) is 4.79 Å². The van der Waals surface area contributed by atoms with Gasteiger partial charge in [0.2, 0.25) is 0 Å². The van der Waals surface area contributed by atoms with Crippen LogP contribution in [0.5, 0.6) is 0 Å². The maximum absolute atomic E-state index is 12.6. The van der Waals surface area contributed by atoms with Crippen molar-refractivity contribution in [3.63, 3.8) is 0 Å². The minimum atomic E-state index is -0.540. The molecule has 0 fully saturated rings. The number of alkyl carbamates (subject to hydrolysis) is 1. The first-order valence-corrected chi connectivity index (χ1v) is 10.0. The zero-order chi connectivity index (χ0) is 22.0. The maximum atomic E-state index is 12.6. The Morgan fingerprint density at radius 3 is 2.48 bits per heavy atom. The minimum Gasteiger partial charge on any atom is -0.444 e. The molecule has 0 saturated heterocycles. The third-order valence-corrected chi connectivity index (χ3v) is 4.72. The van der Waals surface area contributed by atoms with Crippen molar-refractivity contribution >= 4 is 17.1 Å². The van der Waals surface area contributed by atoms with Crippen LogP contribution in [0.4, 0.5) is 4.79 Å². The van der Waals surface area contributed by atoms with E-state index >= 15 is 0 Å². The fourth-order valence-corrected chi connectivity index (χ4v) is 3.37. The highest BCUT2D eigenvalue weighted by atomic mass is 16.6. The van der Waals surface area contributed by atoms with E-state index < -0.39 is 11.7 Å². The number of nitrogens with one attached hydrogen (secondary N) is 2. The lowest BCUT2D eigenvalue weighted by Crippen LogP contribution is -2.32. The fourth-order valence-electron chi connectivity index (χ4n) is 3.37. The highest BCUT2D eigenvalue weighted by Gasteiger charge is 2.17. The Kier molecular flexibility index (Phi) is 5.33. The summed E-state index contributed by atoms with van der Waals surface area (Å²) in [5.74, 6) is 0. The minimum absolute atomic E-state index is 0.189. The van der Waals surface area contributed by atoms with Crippen molar-refractivity contribution in [2.75, 3.05) is 0 Å². The highest BCUT2D eigenvalue weighted by Crippen LogP contribution is 2.29. The molecule has 0 radical (unpaired) electrons. The van der Waals surface area contributed by atoms with E-state index in [1.807, 2.05) is 86.1 Å². The van der Waals surface area contributed by atoms with E-state index in [9.17, 15) is 9.59 Å². The molecule has 2 aromatic heterocycles. The van der Waals surface area contributed by atoms with Gasteiger partial charge < -0.3 is 19.6 Å². The van der Waals surface area contributed by atoms with Crippen molar-refractivity contribution in [3.8, 4) is 16.8 Å². The molecule has 7 heteroatoms. The quantitative estimate of drug-likeness (QED) is 0.516. The lowest BCUT2D eigenvalue weighted by atomic mass is 10.0. The standard InChI is InChI=1S/C24H24N4O3/c1-24(2,3)31-23(30)25-13-16-9-11-17(12-10-16)19-14-28(18-7-5-4-6-8-18)21-20(19)22(29)27-15-26-21/h4-12,14-15H,13H2,1-3H3,(H,25,30)(H,26,27,29). The van der Waals surface area contributed by atoms with Crippen LogP contribution in [-0.4, -0.2) is 26.2 Å². The molecule has 0 aliphatic rings. The molecule has 0 spiro atoms. The Morgan fingerprint density at radius 1 is 1.10 bits per heavy atom. The van der Waals surface area contributed by atoms with Crippen LogP contribution in [0.2, 0.25) is 0 Å². The van der Waals surface area contributed by atoms with E-state index in [4.69, 9.17) is 4.74 Å². The van der Waals surface area contributed by atoms with Crippen LogP contribution in [0.1, 0.15) is 26.3 Å². The molecule has 0 unspecified atom stereocenters. The first-order chi connectivity index (χ1) is 14.8. The third-order valence-electron chi connectivity index (χ3n) is 4.72. The molecule has 1 amide bonds. The number of rotatable bonds is 4. The number of aromatic amines is 1. The van der Waals surface area contributed by atoms with Crippen molar-refractivity contribution in [2.24, 2.45) is 0 Å². The number of aromatic nitrogens is 3. The Bertz CT molecular complexity index is 1270. The monoisotopic (exact) mass is 416 g/mol. The van der Waals surface area contributed by atoms with Crippen LogP contribution in [0.15, 0.2) is 71.9 Å². The van der Waals surface area contributed by atoms with Gasteiger partial charge >= 0.3 is 6.09 Å². The lowest BCUT2D eigenvalue weighted by Gasteiger charge is -2.19. The summed E-state index contributed by atoms with van der Waals surface area (Å²) in [4.78, 5) is 31.5. The van der Waals surface area contributed by atoms with E-state index in [2.05, 4.69) is 15.3 Å². The van der Waals surface area contributed by atoms with Crippen LogP contribution >= 0.6 is 0 Å². The SMILES string of the molecule is CC(C)(C)OC(=O)NCc1ccc(-c2cn(-c3ccccc3)c3nc[nH]c(=O)c23)cc1. The Labute approximate surface area is 179 Å². The summed E-state index contributed by atoms with van der Waals surface area (Å²) in [6.07, 6.45) is 2.88. The number of carbonyl (C=O) groups excluding carboxylic acids is 1. The predicted octanol–water partition coefficient (Wildman–Crippen LogP) is 4.41. The predicted molar refractivity (Wildman–Crippen MR) is 120 cm³/mol. The van der Waals surface area contributed by atoms with Crippen molar-refractivity contribution in [2.45, 2.75) is 32.9 Å². The van der Waals surface area contributed by atoms with Gasteiger partial charge in [0, 0.05) is 24.0 Å². The van der Waals surface area contributed by atoms with E-state index in [0.717, 1.165) is 22.4 Å². The number of fused-ring (bicyclic) bond motifs is 1. The molecule has 2 aromatic carbocycles. The number of ether oxygens (including phenoxy) is 1. The lowest BCUT2D eigenvalue weighted by molar-refractivity contribution is 0.0523. The second kappa shape index (κ2) is 8.10. The van der Waals surface area contributed by atoms with Gasteiger partial charge in [-0.1, -0.05) is 42.5 Å². The molecule has 0 bridgehead atoms. The Balaban J connectivity index is 1.64. The molecular formula is C24H24N4O3. The van der Waals surface area contributed by atoms with E-state index in [1.165, 1.54) is 6.33 Å². The normalized spacial score (nSPS) is 11.5. The summed E-state index contributed by atoms with van der Waals surface area (Å²) in [5.41, 5.74) is 3.40. The van der Waals surface area contributed by atoms with Crippen LogP contribution in [0, 0.1) is 0 Å². The van der Waals surface area contributed by atoms with Gasteiger partial charge in [-0.25, -0.2) is 9.78 Å². The first-order valence-electron chi connectivity index (χ1n) is 10.0. The molecule has 0 atom stereocenters. The fraction of sp³-hybridized carbons (Fsp3) is 0.208. The summed E-state index contributed by atoms with van der Waals surface area (Å²) in [6, 6.07) is 17.5. The topological polar surface area (TPSA) is 89.0 Å². The summed E-state index contributed by atoms with van der Waals surface area (Å²) < 4.78 is 7.18. The number of amides is 1. The van der Waals surface area contributed by atoms with Crippen molar-refractivity contribution in [1.29, 1.82) is 0 Å². The van der Waals surface area contributed by atoms with Crippen molar-refractivity contribution < 1.29 is 9.53 Å². The zero-order valence-electron chi connectivity index (χ0n) is 17.7. The number of nitrogens with zero attached hydrogens (tertiary/aromatic N) is 2. The molecule has 31 heavy (non-hydrogen) atoms. The molecule has 4 rings (SSSR count). The molecular weight excluding hydrogens is 392 g/mol. The van der Waals surface area contributed by atoms with E-state index in [-0.39, 0.29) is 5.56 Å². The Hall–Kier alpha value is -3.87. The summed E-state index contributed by atoms with van der Waals surface area (Å²) in [6.45, 7) is 5.82.